The molecule has 0 aliphatic rings. The molecule has 0 aliphatic heterocycles. The van der Waals surface area contributed by atoms with E-state index < -0.39 is 65.8 Å². The molecule has 0 atom stereocenters. The first-order valence-corrected chi connectivity index (χ1v) is 9.58. The molecule has 1 aromatic heterocycles. The molecule has 0 saturated carbocycles. The summed E-state index contributed by atoms with van der Waals surface area (Å²) in [5, 5.41) is 13.9. The molecule has 170 valence electrons. The number of carbonyl (C=O) groups is 1. The highest BCUT2D eigenvalue weighted by Gasteiger charge is 2.15. The number of aromatic nitrogens is 1. The van der Waals surface area contributed by atoms with Crippen LogP contribution in [0.3, 0.4) is 0 Å². The maximum absolute atomic E-state index is 14.2. The molecule has 0 saturated heterocycles. The van der Waals surface area contributed by atoms with Gasteiger partial charge >= 0.3 is 0 Å². The van der Waals surface area contributed by atoms with E-state index in [2.05, 4.69) is 15.6 Å². The van der Waals surface area contributed by atoms with Gasteiger partial charge in [-0.05, 0) is 45.1 Å². The Bertz CT molecular complexity index is 1660. The third-order valence-electron chi connectivity index (χ3n) is 4.07. The zero-order valence-electron chi connectivity index (χ0n) is 27.4. The summed E-state index contributed by atoms with van der Waals surface area (Å²) in [6.45, 7) is -6.62. The van der Waals surface area contributed by atoms with Gasteiger partial charge in [-0.25, -0.2) is 4.39 Å². The number of amides is 1. The van der Waals surface area contributed by atoms with Crippen LogP contribution in [0.4, 0.5) is 21.5 Å². The molecule has 0 spiro atoms. The summed E-state index contributed by atoms with van der Waals surface area (Å²) in [6, 6.07) is 0.503. The van der Waals surface area contributed by atoms with Gasteiger partial charge in [0.05, 0.1) is 43.6 Å². The summed E-state index contributed by atoms with van der Waals surface area (Å²) < 4.78 is 97.8. The minimum Gasteiger partial charge on any atom is -0.492 e. The van der Waals surface area contributed by atoms with Gasteiger partial charge in [0.25, 0.3) is 0 Å². The topological polar surface area (TPSA) is 90.3 Å². The highest BCUT2D eigenvalue weighted by atomic mass is 35.5. The number of hydrogen-bond acceptors (Lipinski definition) is 6. The number of nitrogens with one attached hydrogen (secondary N) is 2. The molecule has 0 aliphatic carbocycles. The Morgan fingerprint density at radius 3 is 3.06 bits per heavy atom. The fraction of sp³-hybridized carbons (Fsp3) is 0.208. The van der Waals surface area contributed by atoms with Crippen LogP contribution in [0.25, 0.3) is 10.9 Å². The molecule has 9 heteroatoms. The minimum absolute atomic E-state index is 0.0168. The van der Waals surface area contributed by atoms with Crippen molar-refractivity contribution in [2.45, 2.75) is 6.85 Å². The molecule has 33 heavy (non-hydrogen) atoms. The van der Waals surface area contributed by atoms with Crippen LogP contribution in [0.1, 0.15) is 26.1 Å². The predicted molar refractivity (Wildman–Crippen MR) is 129 cm³/mol. The van der Waals surface area contributed by atoms with E-state index in [4.69, 9.17) is 30.0 Å². The van der Waals surface area contributed by atoms with Crippen LogP contribution in [0, 0.1) is 17.1 Å². The maximum Gasteiger partial charge on any atom is 0.248 e. The number of halogens is 2. The number of ether oxygens (including phenoxy) is 1. The normalized spacial score (nSPS) is 16.8. The first-order chi connectivity index (χ1) is 19.8. The van der Waals surface area contributed by atoms with Crippen molar-refractivity contribution in [2.75, 3.05) is 37.8 Å². The second-order valence-corrected chi connectivity index (χ2v) is 7.10. The van der Waals surface area contributed by atoms with Crippen molar-refractivity contribution >= 4 is 45.5 Å². The van der Waals surface area contributed by atoms with Crippen LogP contribution in [-0.4, -0.2) is 43.0 Å². The lowest BCUT2D eigenvalue weighted by Gasteiger charge is -2.16. The Hall–Kier alpha value is -3.67. The van der Waals surface area contributed by atoms with Crippen LogP contribution in [0.2, 0.25) is 5.02 Å². The Balaban J connectivity index is 2.30. The quantitative estimate of drug-likeness (QED) is 0.439. The first-order valence-electron chi connectivity index (χ1n) is 14.2. The number of hydrogen-bond donors (Lipinski definition) is 2. The molecule has 0 bridgehead atoms. The molecular formula is C24H23ClFN5O2. The average Bonchev–Trinajstić information content (AvgIpc) is 2.91. The summed E-state index contributed by atoms with van der Waals surface area (Å²) in [6.07, 6.45) is 1.06. The lowest BCUT2D eigenvalue weighted by Crippen LogP contribution is -2.13. The molecule has 3 rings (SSSR count). The monoisotopic (exact) mass is 477 g/mol. The summed E-state index contributed by atoms with van der Waals surface area (Å²) in [5.41, 5.74) is -1.20. The van der Waals surface area contributed by atoms with Crippen molar-refractivity contribution in [3.05, 3.63) is 65.0 Å². The number of pyridine rings is 1. The molecule has 0 radical (unpaired) electrons. The van der Waals surface area contributed by atoms with Gasteiger partial charge in [0.1, 0.15) is 17.6 Å². The number of fused-ring (bicyclic) bond motifs is 1. The van der Waals surface area contributed by atoms with E-state index in [0.717, 1.165) is 18.3 Å². The van der Waals surface area contributed by atoms with Gasteiger partial charge in [0.15, 0.2) is 0 Å². The van der Waals surface area contributed by atoms with Crippen molar-refractivity contribution in [1.82, 2.24) is 9.88 Å². The molecule has 1 heterocycles. The zero-order chi connectivity index (χ0) is 32.6. The maximum atomic E-state index is 14.2. The molecule has 0 unspecified atom stereocenters. The van der Waals surface area contributed by atoms with Crippen molar-refractivity contribution in [2.24, 2.45) is 0 Å². The minimum atomic E-state index is -3.28. The van der Waals surface area contributed by atoms with E-state index in [0.29, 0.717) is 0 Å². The molecule has 2 N–H and O–H groups in total. The zero-order valence-corrected chi connectivity index (χ0v) is 18.1. The average molecular weight is 478 g/mol. The van der Waals surface area contributed by atoms with Crippen molar-refractivity contribution < 1.29 is 27.6 Å². The second kappa shape index (κ2) is 10.8. The van der Waals surface area contributed by atoms with Crippen LogP contribution >= 0.6 is 11.6 Å². The predicted octanol–water partition coefficient (Wildman–Crippen LogP) is 5.10. The molecule has 1 amide bonds. The summed E-state index contributed by atoms with van der Waals surface area (Å²) in [4.78, 5) is 18.6. The molecule has 0 fully saturated rings. The van der Waals surface area contributed by atoms with Crippen LogP contribution in [0.5, 0.6) is 5.75 Å². The fourth-order valence-electron chi connectivity index (χ4n) is 2.66. The smallest absolute Gasteiger partial charge is 0.248 e. The molecular weight excluding hydrogens is 445 g/mol. The van der Waals surface area contributed by atoms with Gasteiger partial charge in [-0.2, -0.15) is 5.26 Å². The molecule has 7 nitrogen and oxygen atoms in total. The van der Waals surface area contributed by atoms with E-state index in [1.54, 1.807) is 14.1 Å². The Morgan fingerprint density at radius 1 is 1.52 bits per heavy atom. The van der Waals surface area contributed by atoms with E-state index in [9.17, 15) is 14.4 Å². The Kier molecular flexibility index (Phi) is 4.50. The van der Waals surface area contributed by atoms with E-state index in [-0.39, 0.29) is 40.4 Å². The number of carbonyl (C=O) groups excluding carboxylic acids is 1. The van der Waals surface area contributed by atoms with Gasteiger partial charge in [-0.3, -0.25) is 9.78 Å². The van der Waals surface area contributed by atoms with Crippen LogP contribution in [-0.2, 0) is 4.79 Å². The van der Waals surface area contributed by atoms with Gasteiger partial charge < -0.3 is 20.3 Å². The number of benzene rings is 2. The molecule has 2 aromatic carbocycles. The highest BCUT2D eigenvalue weighted by molar-refractivity contribution is 6.31. The number of nitriles is 1. The lowest BCUT2D eigenvalue weighted by atomic mass is 10.1. The van der Waals surface area contributed by atoms with Crippen molar-refractivity contribution in [3.63, 3.8) is 0 Å². The standard InChI is InChI=1S/C24H23ClFN5O2/c1-4-33-22-12-20-17(11-21(22)30-23(32)6-5-9-31(2)3)24(15(13-27)14-28-20)29-16-7-8-19(26)18(25)10-16/h5-8,10-12,14H,4,9H2,1-3H3,(H,28,29)(H,30,32)/b6-5+/i1D3,4D2,5D,6D,7D,8D,10D. The number of rotatable bonds is 8. The van der Waals surface area contributed by atoms with Gasteiger partial charge in [-0.1, -0.05) is 17.7 Å². The SMILES string of the molecule is [2H]/C(CN(C)C)=C(/[2H])C(=O)Nc1cc2c(Nc3c([2H])c([2H])c(F)c(Cl)c3[2H])c(C#N)cnc2cc1OC([2H])([2H])C([2H])([2H])[2H]. The number of anilines is 3. The first kappa shape index (κ1) is 13.8. The van der Waals surface area contributed by atoms with Gasteiger partial charge in [0, 0.05) is 40.0 Å². The lowest BCUT2D eigenvalue weighted by molar-refractivity contribution is -0.111. The summed E-state index contributed by atoms with van der Waals surface area (Å²) >= 11 is 5.84. The summed E-state index contributed by atoms with van der Waals surface area (Å²) in [7, 11) is 3.23. The van der Waals surface area contributed by atoms with Gasteiger partial charge in [-0.15, -0.1) is 0 Å². The second-order valence-electron chi connectivity index (χ2n) is 6.72. The number of likely N-dealkylation sites (N-methyl/N-ethyl adjacent to an activating group) is 1. The fourth-order valence-corrected chi connectivity index (χ4v) is 2.81. The van der Waals surface area contributed by atoms with Crippen LogP contribution in [0.15, 0.2) is 48.6 Å². The highest BCUT2D eigenvalue weighted by Crippen LogP contribution is 2.36. The number of nitrogens with zero attached hydrogens (tertiary/aromatic N) is 3. The third-order valence-corrected chi connectivity index (χ3v) is 4.33. The van der Waals surface area contributed by atoms with Crippen molar-refractivity contribution in [1.29, 1.82) is 5.26 Å². The Labute approximate surface area is 210 Å². The van der Waals surface area contributed by atoms with E-state index >= 15 is 0 Å². The summed E-state index contributed by atoms with van der Waals surface area (Å²) in [5.74, 6) is -2.95. The largest absolute Gasteiger partial charge is 0.492 e. The third kappa shape index (κ3) is 5.98. The molecule has 3 aromatic rings. The van der Waals surface area contributed by atoms with Gasteiger partial charge in [0.2, 0.25) is 5.91 Å². The van der Waals surface area contributed by atoms with E-state index in [1.165, 1.54) is 4.90 Å². The van der Waals surface area contributed by atoms with Crippen LogP contribution < -0.4 is 15.4 Å². The Morgan fingerprint density at radius 2 is 2.33 bits per heavy atom. The van der Waals surface area contributed by atoms with Crippen molar-refractivity contribution in [3.8, 4) is 11.8 Å². The van der Waals surface area contributed by atoms with E-state index in [1.807, 2.05) is 6.07 Å².